The first-order valence-electron chi connectivity index (χ1n) is 6.23. The van der Waals surface area contributed by atoms with Crippen molar-refractivity contribution in [2.45, 2.75) is 17.4 Å². The molecule has 0 saturated carbocycles. The standard InChI is InChI=1S/C16H17NOS/c1-12(16(17)18)19-15(13-8-4-2-5-9-13)14-10-6-3-7-11-14/h2-12,15H,1H3,(H2,17,18). The fourth-order valence-corrected chi connectivity index (χ4v) is 3.05. The summed E-state index contributed by atoms with van der Waals surface area (Å²) in [6.07, 6.45) is 0. The van der Waals surface area contributed by atoms with Gasteiger partial charge in [-0.25, -0.2) is 0 Å². The highest BCUT2D eigenvalue weighted by molar-refractivity contribution is 8.01. The number of benzene rings is 2. The summed E-state index contributed by atoms with van der Waals surface area (Å²) in [6.45, 7) is 1.85. The molecule has 0 radical (unpaired) electrons. The lowest BCUT2D eigenvalue weighted by Gasteiger charge is -2.20. The SMILES string of the molecule is CC(SC(c1ccccc1)c1ccccc1)C(N)=O. The van der Waals surface area contributed by atoms with E-state index in [1.165, 1.54) is 11.1 Å². The second-order valence-corrected chi connectivity index (χ2v) is 5.83. The van der Waals surface area contributed by atoms with Crippen LogP contribution in [-0.2, 0) is 4.79 Å². The first-order chi connectivity index (χ1) is 9.18. The summed E-state index contributed by atoms with van der Waals surface area (Å²) < 4.78 is 0. The molecule has 2 nitrogen and oxygen atoms in total. The number of carbonyl (C=O) groups is 1. The summed E-state index contributed by atoms with van der Waals surface area (Å²) in [7, 11) is 0. The summed E-state index contributed by atoms with van der Waals surface area (Å²) in [4.78, 5) is 11.3. The van der Waals surface area contributed by atoms with Crippen LogP contribution in [0.5, 0.6) is 0 Å². The maximum Gasteiger partial charge on any atom is 0.230 e. The molecule has 0 aliphatic carbocycles. The minimum Gasteiger partial charge on any atom is -0.369 e. The lowest BCUT2D eigenvalue weighted by molar-refractivity contribution is -0.117. The molecule has 0 saturated heterocycles. The minimum absolute atomic E-state index is 0.130. The smallest absolute Gasteiger partial charge is 0.230 e. The third-order valence-electron chi connectivity index (χ3n) is 2.95. The molecule has 2 rings (SSSR count). The van der Waals surface area contributed by atoms with Crippen LogP contribution in [0.2, 0.25) is 0 Å². The van der Waals surface area contributed by atoms with Gasteiger partial charge in [-0.2, -0.15) is 0 Å². The Labute approximate surface area is 118 Å². The normalized spacial score (nSPS) is 12.3. The monoisotopic (exact) mass is 271 g/mol. The highest BCUT2D eigenvalue weighted by Gasteiger charge is 2.20. The number of hydrogen-bond acceptors (Lipinski definition) is 2. The van der Waals surface area contributed by atoms with E-state index < -0.39 is 0 Å². The summed E-state index contributed by atoms with van der Waals surface area (Å²) in [6, 6.07) is 20.4. The molecular formula is C16H17NOS. The van der Waals surface area contributed by atoms with E-state index in [0.29, 0.717) is 0 Å². The Morgan fingerprint density at radius 2 is 1.37 bits per heavy atom. The molecule has 0 aliphatic heterocycles. The molecule has 19 heavy (non-hydrogen) atoms. The number of nitrogens with two attached hydrogens (primary N) is 1. The number of primary amides is 1. The summed E-state index contributed by atoms with van der Waals surface area (Å²) in [5.41, 5.74) is 7.75. The molecule has 2 N–H and O–H groups in total. The maximum absolute atomic E-state index is 11.3. The third kappa shape index (κ3) is 3.61. The van der Waals surface area contributed by atoms with E-state index in [0.717, 1.165) is 0 Å². The van der Waals surface area contributed by atoms with Crippen molar-refractivity contribution in [3.63, 3.8) is 0 Å². The van der Waals surface area contributed by atoms with E-state index in [2.05, 4.69) is 24.3 Å². The van der Waals surface area contributed by atoms with Gasteiger partial charge in [0.15, 0.2) is 0 Å². The molecule has 1 unspecified atom stereocenters. The van der Waals surface area contributed by atoms with Gasteiger partial charge in [-0.3, -0.25) is 4.79 Å². The third-order valence-corrected chi connectivity index (χ3v) is 4.40. The molecule has 2 aromatic carbocycles. The predicted octanol–water partition coefficient (Wildman–Crippen LogP) is 3.38. The van der Waals surface area contributed by atoms with Crippen molar-refractivity contribution in [2.75, 3.05) is 0 Å². The van der Waals surface area contributed by atoms with Gasteiger partial charge in [0, 0.05) is 0 Å². The topological polar surface area (TPSA) is 43.1 Å². The van der Waals surface area contributed by atoms with Crippen LogP contribution in [0.25, 0.3) is 0 Å². The number of carbonyl (C=O) groups excluding carboxylic acids is 1. The fraction of sp³-hybridized carbons (Fsp3) is 0.188. The zero-order valence-electron chi connectivity index (χ0n) is 10.8. The average Bonchev–Trinajstić information content (AvgIpc) is 2.46. The van der Waals surface area contributed by atoms with Gasteiger partial charge in [0.25, 0.3) is 0 Å². The van der Waals surface area contributed by atoms with E-state index in [9.17, 15) is 4.79 Å². The van der Waals surface area contributed by atoms with E-state index >= 15 is 0 Å². The molecule has 0 spiro atoms. The molecule has 3 heteroatoms. The molecule has 0 heterocycles. The summed E-state index contributed by atoms with van der Waals surface area (Å²) in [5.74, 6) is -0.276. The molecular weight excluding hydrogens is 254 g/mol. The summed E-state index contributed by atoms with van der Waals surface area (Å²) in [5, 5.41) is -0.0877. The number of hydrogen-bond donors (Lipinski definition) is 1. The minimum atomic E-state index is -0.276. The number of amides is 1. The number of rotatable bonds is 5. The van der Waals surface area contributed by atoms with Gasteiger partial charge in [-0.1, -0.05) is 60.7 Å². The van der Waals surface area contributed by atoms with E-state index in [4.69, 9.17) is 5.73 Å². The molecule has 0 bridgehead atoms. The van der Waals surface area contributed by atoms with Crippen LogP contribution in [0.1, 0.15) is 23.3 Å². The van der Waals surface area contributed by atoms with Crippen LogP contribution in [0.4, 0.5) is 0 Å². The van der Waals surface area contributed by atoms with Crippen molar-refractivity contribution >= 4 is 17.7 Å². The van der Waals surface area contributed by atoms with Crippen molar-refractivity contribution < 1.29 is 4.79 Å². The van der Waals surface area contributed by atoms with Crippen molar-refractivity contribution in [3.8, 4) is 0 Å². The van der Waals surface area contributed by atoms with Gasteiger partial charge in [0.05, 0.1) is 10.5 Å². The van der Waals surface area contributed by atoms with Crippen LogP contribution in [0.3, 0.4) is 0 Å². The van der Waals surface area contributed by atoms with Crippen LogP contribution in [0, 0.1) is 0 Å². The number of thioether (sulfide) groups is 1. The fourth-order valence-electron chi connectivity index (χ4n) is 1.88. The second kappa shape index (κ2) is 6.43. The van der Waals surface area contributed by atoms with Crippen molar-refractivity contribution in [1.29, 1.82) is 0 Å². The van der Waals surface area contributed by atoms with Crippen LogP contribution >= 0.6 is 11.8 Å². The van der Waals surface area contributed by atoms with E-state index in [1.807, 2.05) is 43.3 Å². The molecule has 1 amide bonds. The van der Waals surface area contributed by atoms with Gasteiger partial charge in [-0.05, 0) is 18.1 Å². The molecule has 2 aromatic rings. The Hall–Kier alpha value is -1.74. The van der Waals surface area contributed by atoms with Gasteiger partial charge >= 0.3 is 0 Å². The van der Waals surface area contributed by atoms with Gasteiger partial charge in [0.1, 0.15) is 0 Å². The lowest BCUT2D eigenvalue weighted by Crippen LogP contribution is -2.23. The molecule has 0 aromatic heterocycles. The van der Waals surface area contributed by atoms with Crippen molar-refractivity contribution in [1.82, 2.24) is 0 Å². The first kappa shape index (κ1) is 13.7. The first-order valence-corrected chi connectivity index (χ1v) is 7.17. The van der Waals surface area contributed by atoms with Crippen LogP contribution < -0.4 is 5.73 Å². The predicted molar refractivity (Wildman–Crippen MR) is 81.0 cm³/mol. The zero-order valence-corrected chi connectivity index (χ0v) is 11.6. The average molecular weight is 271 g/mol. The van der Waals surface area contributed by atoms with Crippen LogP contribution in [0.15, 0.2) is 60.7 Å². The lowest BCUT2D eigenvalue weighted by atomic mass is 10.0. The van der Waals surface area contributed by atoms with E-state index in [1.54, 1.807) is 11.8 Å². The van der Waals surface area contributed by atoms with Crippen LogP contribution in [-0.4, -0.2) is 11.2 Å². The van der Waals surface area contributed by atoms with Gasteiger partial charge < -0.3 is 5.73 Å². The molecule has 0 fully saturated rings. The van der Waals surface area contributed by atoms with Crippen molar-refractivity contribution in [2.24, 2.45) is 5.73 Å². The van der Waals surface area contributed by atoms with E-state index in [-0.39, 0.29) is 16.4 Å². The zero-order chi connectivity index (χ0) is 13.7. The molecule has 0 aliphatic rings. The largest absolute Gasteiger partial charge is 0.369 e. The molecule has 98 valence electrons. The quantitative estimate of drug-likeness (QED) is 0.906. The highest BCUT2D eigenvalue weighted by atomic mass is 32.2. The highest BCUT2D eigenvalue weighted by Crippen LogP contribution is 2.37. The Morgan fingerprint density at radius 3 is 1.74 bits per heavy atom. The van der Waals surface area contributed by atoms with Gasteiger partial charge in [-0.15, -0.1) is 11.8 Å². The Morgan fingerprint density at radius 1 is 0.947 bits per heavy atom. The molecule has 1 atom stereocenters. The maximum atomic E-state index is 11.3. The Balaban J connectivity index is 2.32. The Kier molecular flexibility index (Phi) is 4.63. The Bertz CT molecular complexity index is 487. The summed E-state index contributed by atoms with van der Waals surface area (Å²) >= 11 is 1.58. The van der Waals surface area contributed by atoms with Crippen molar-refractivity contribution in [3.05, 3.63) is 71.8 Å². The van der Waals surface area contributed by atoms with Gasteiger partial charge in [0.2, 0.25) is 5.91 Å². The second-order valence-electron chi connectivity index (χ2n) is 4.38.